The third-order valence-corrected chi connectivity index (χ3v) is 2.84. The van der Waals surface area contributed by atoms with Gasteiger partial charge in [-0.25, -0.2) is 19.3 Å². The van der Waals surface area contributed by atoms with Crippen molar-refractivity contribution in [1.82, 2.24) is 19.9 Å². The van der Waals surface area contributed by atoms with Crippen LogP contribution in [-0.2, 0) is 0 Å². The molecule has 0 atom stereocenters. The number of nitrogens with zero attached hydrogens (tertiary/aromatic N) is 3. The fourth-order valence-electron chi connectivity index (χ4n) is 1.57. The van der Waals surface area contributed by atoms with Crippen molar-refractivity contribution >= 4 is 27.1 Å². The van der Waals surface area contributed by atoms with Gasteiger partial charge in [-0.3, -0.25) is 0 Å². The van der Waals surface area contributed by atoms with E-state index in [4.69, 9.17) is 0 Å². The summed E-state index contributed by atoms with van der Waals surface area (Å²) >= 11 is 3.30. The van der Waals surface area contributed by atoms with Gasteiger partial charge >= 0.3 is 0 Å². The molecule has 84 valence electrons. The highest BCUT2D eigenvalue weighted by Gasteiger charge is 2.10. The molecular formula is C11H6BrFN4. The zero-order valence-electron chi connectivity index (χ0n) is 8.48. The standard InChI is InChI=1S/C11H6BrFN4/c12-6-1-2-8(13)7(3-6)10-16-9-4-14-5-15-11(9)17-10/h1-5H,(H,14,15,16,17). The van der Waals surface area contributed by atoms with Gasteiger partial charge in [-0.05, 0) is 18.2 Å². The molecule has 2 heterocycles. The predicted octanol–water partition coefficient (Wildman–Crippen LogP) is 2.92. The van der Waals surface area contributed by atoms with Crippen molar-refractivity contribution < 1.29 is 4.39 Å². The smallest absolute Gasteiger partial charge is 0.181 e. The number of fused-ring (bicyclic) bond motifs is 1. The van der Waals surface area contributed by atoms with Crippen molar-refractivity contribution in [1.29, 1.82) is 0 Å². The Labute approximate surface area is 104 Å². The van der Waals surface area contributed by atoms with Gasteiger partial charge in [0.1, 0.15) is 23.5 Å². The van der Waals surface area contributed by atoms with Gasteiger partial charge < -0.3 is 4.98 Å². The Morgan fingerprint density at radius 2 is 2.18 bits per heavy atom. The summed E-state index contributed by atoms with van der Waals surface area (Å²) in [7, 11) is 0. The summed E-state index contributed by atoms with van der Waals surface area (Å²) in [6.07, 6.45) is 3.01. The fourth-order valence-corrected chi connectivity index (χ4v) is 1.93. The molecule has 0 radical (unpaired) electrons. The van der Waals surface area contributed by atoms with E-state index in [-0.39, 0.29) is 5.82 Å². The van der Waals surface area contributed by atoms with E-state index in [1.54, 1.807) is 18.3 Å². The highest BCUT2D eigenvalue weighted by Crippen LogP contribution is 2.25. The van der Waals surface area contributed by atoms with Crippen LogP contribution in [-0.4, -0.2) is 19.9 Å². The number of aromatic amines is 1. The van der Waals surface area contributed by atoms with Crippen LogP contribution in [0.25, 0.3) is 22.6 Å². The van der Waals surface area contributed by atoms with E-state index in [2.05, 4.69) is 35.9 Å². The minimum atomic E-state index is -0.333. The van der Waals surface area contributed by atoms with Crippen molar-refractivity contribution in [2.75, 3.05) is 0 Å². The van der Waals surface area contributed by atoms with Crippen LogP contribution in [0.5, 0.6) is 0 Å². The van der Waals surface area contributed by atoms with Gasteiger partial charge in [-0.1, -0.05) is 15.9 Å². The lowest BCUT2D eigenvalue weighted by Crippen LogP contribution is -1.86. The van der Waals surface area contributed by atoms with Crippen LogP contribution in [0, 0.1) is 5.82 Å². The van der Waals surface area contributed by atoms with Crippen LogP contribution >= 0.6 is 15.9 Å². The Hall–Kier alpha value is -1.82. The van der Waals surface area contributed by atoms with Crippen molar-refractivity contribution in [3.8, 4) is 11.4 Å². The number of hydrogen-bond acceptors (Lipinski definition) is 3. The maximum absolute atomic E-state index is 13.7. The highest BCUT2D eigenvalue weighted by atomic mass is 79.9. The maximum atomic E-state index is 13.7. The minimum Gasteiger partial charge on any atom is -0.335 e. The number of nitrogens with one attached hydrogen (secondary N) is 1. The number of hydrogen-bond donors (Lipinski definition) is 1. The van der Waals surface area contributed by atoms with Crippen LogP contribution in [0.1, 0.15) is 0 Å². The summed E-state index contributed by atoms with van der Waals surface area (Å²) in [5.74, 6) is 0.111. The zero-order chi connectivity index (χ0) is 11.8. The topological polar surface area (TPSA) is 54.5 Å². The normalized spacial score (nSPS) is 10.9. The lowest BCUT2D eigenvalue weighted by molar-refractivity contribution is 0.630. The molecule has 0 spiro atoms. The third kappa shape index (κ3) is 1.80. The predicted molar refractivity (Wildman–Crippen MR) is 64.8 cm³/mol. The Morgan fingerprint density at radius 3 is 3.00 bits per heavy atom. The van der Waals surface area contributed by atoms with Crippen LogP contribution in [0.2, 0.25) is 0 Å². The Bertz CT molecular complexity index is 662. The first-order chi connectivity index (χ1) is 8.24. The molecule has 17 heavy (non-hydrogen) atoms. The van der Waals surface area contributed by atoms with E-state index in [1.165, 1.54) is 12.4 Å². The molecule has 0 aliphatic carbocycles. The van der Waals surface area contributed by atoms with Gasteiger partial charge in [0, 0.05) is 4.47 Å². The summed E-state index contributed by atoms with van der Waals surface area (Å²) in [5.41, 5.74) is 1.61. The molecule has 0 bridgehead atoms. The lowest BCUT2D eigenvalue weighted by Gasteiger charge is -1.99. The van der Waals surface area contributed by atoms with Crippen molar-refractivity contribution in [2.45, 2.75) is 0 Å². The summed E-state index contributed by atoms with van der Waals surface area (Å²) in [6, 6.07) is 4.69. The average Bonchev–Trinajstić information content (AvgIpc) is 2.75. The molecule has 0 saturated carbocycles. The first-order valence-electron chi connectivity index (χ1n) is 4.85. The monoisotopic (exact) mass is 292 g/mol. The highest BCUT2D eigenvalue weighted by molar-refractivity contribution is 9.10. The molecule has 0 aliphatic rings. The molecule has 0 amide bonds. The van der Waals surface area contributed by atoms with Crippen molar-refractivity contribution in [3.63, 3.8) is 0 Å². The first-order valence-corrected chi connectivity index (χ1v) is 5.64. The Kier molecular flexibility index (Phi) is 2.36. The largest absolute Gasteiger partial charge is 0.335 e. The molecule has 3 aromatic rings. The SMILES string of the molecule is Fc1ccc(Br)cc1-c1nc2ncncc2[nH]1. The average molecular weight is 293 g/mol. The molecule has 4 nitrogen and oxygen atoms in total. The Morgan fingerprint density at radius 1 is 1.29 bits per heavy atom. The molecule has 0 fully saturated rings. The van der Waals surface area contributed by atoms with E-state index in [0.29, 0.717) is 22.6 Å². The number of aromatic nitrogens is 4. The van der Waals surface area contributed by atoms with E-state index in [0.717, 1.165) is 4.47 Å². The fraction of sp³-hybridized carbons (Fsp3) is 0. The number of halogens is 2. The first kappa shape index (κ1) is 10.3. The molecule has 1 N–H and O–H groups in total. The number of imidazole rings is 1. The zero-order valence-corrected chi connectivity index (χ0v) is 10.1. The molecule has 0 unspecified atom stereocenters. The molecule has 0 saturated heterocycles. The van der Waals surface area contributed by atoms with Crippen molar-refractivity contribution in [2.24, 2.45) is 0 Å². The molecule has 3 rings (SSSR count). The summed E-state index contributed by atoms with van der Waals surface area (Å²) in [5, 5.41) is 0. The van der Waals surface area contributed by atoms with E-state index >= 15 is 0 Å². The van der Waals surface area contributed by atoms with Gasteiger partial charge in [0.2, 0.25) is 0 Å². The van der Waals surface area contributed by atoms with Gasteiger partial charge in [-0.2, -0.15) is 0 Å². The molecule has 2 aromatic heterocycles. The van der Waals surface area contributed by atoms with Crippen LogP contribution in [0.15, 0.2) is 35.2 Å². The van der Waals surface area contributed by atoms with Gasteiger partial charge in [0.05, 0.1) is 11.8 Å². The lowest BCUT2D eigenvalue weighted by atomic mass is 10.2. The summed E-state index contributed by atoms with van der Waals surface area (Å²) in [6.45, 7) is 0. The number of rotatable bonds is 1. The minimum absolute atomic E-state index is 0.333. The molecular weight excluding hydrogens is 287 g/mol. The van der Waals surface area contributed by atoms with E-state index < -0.39 is 0 Å². The molecule has 0 aliphatic heterocycles. The number of benzene rings is 1. The van der Waals surface area contributed by atoms with Gasteiger partial charge in [0.25, 0.3) is 0 Å². The second-order valence-corrected chi connectivity index (χ2v) is 4.39. The van der Waals surface area contributed by atoms with Crippen LogP contribution in [0.4, 0.5) is 4.39 Å². The van der Waals surface area contributed by atoms with Crippen LogP contribution < -0.4 is 0 Å². The Balaban J connectivity index is 2.23. The van der Waals surface area contributed by atoms with E-state index in [9.17, 15) is 4.39 Å². The molecule has 1 aromatic carbocycles. The van der Waals surface area contributed by atoms with Gasteiger partial charge in [0.15, 0.2) is 5.65 Å². The second kappa shape index (κ2) is 3.89. The third-order valence-electron chi connectivity index (χ3n) is 2.35. The molecule has 6 heteroatoms. The summed E-state index contributed by atoms with van der Waals surface area (Å²) in [4.78, 5) is 15.1. The second-order valence-electron chi connectivity index (χ2n) is 3.47. The van der Waals surface area contributed by atoms with Gasteiger partial charge in [-0.15, -0.1) is 0 Å². The van der Waals surface area contributed by atoms with E-state index in [1.807, 2.05) is 0 Å². The van der Waals surface area contributed by atoms with Crippen LogP contribution in [0.3, 0.4) is 0 Å². The summed E-state index contributed by atoms with van der Waals surface area (Å²) < 4.78 is 14.5. The number of H-pyrrole nitrogens is 1. The quantitative estimate of drug-likeness (QED) is 0.750. The maximum Gasteiger partial charge on any atom is 0.181 e. The van der Waals surface area contributed by atoms with Crippen molar-refractivity contribution in [3.05, 3.63) is 41.0 Å².